The third-order valence-electron chi connectivity index (χ3n) is 2.13. The van der Waals surface area contributed by atoms with Crippen molar-refractivity contribution in [2.24, 2.45) is 0 Å². The smallest absolute Gasteiger partial charge is 0.191 e. The highest BCUT2D eigenvalue weighted by atomic mass is 32.2. The van der Waals surface area contributed by atoms with E-state index in [2.05, 4.69) is 21.8 Å². The first kappa shape index (κ1) is 13.7. The Hall–Kier alpha value is -1.75. The molecule has 2 aromatic heterocycles. The van der Waals surface area contributed by atoms with Gasteiger partial charge in [0.15, 0.2) is 5.16 Å². The molecule has 2 aromatic rings. The highest BCUT2D eigenvalue weighted by Crippen LogP contribution is 2.26. The minimum Gasteiger partial charge on any atom is -0.384 e. The van der Waals surface area contributed by atoms with Crippen molar-refractivity contribution in [2.75, 3.05) is 18.1 Å². The highest BCUT2D eigenvalue weighted by molar-refractivity contribution is 7.98. The van der Waals surface area contributed by atoms with Crippen LogP contribution in [0.15, 0.2) is 22.7 Å². The molecular weight excluding hydrogens is 280 g/mol. The molecule has 0 atom stereocenters. The van der Waals surface area contributed by atoms with Gasteiger partial charge in [-0.1, -0.05) is 23.6 Å². The summed E-state index contributed by atoms with van der Waals surface area (Å²) in [4.78, 5) is 9.31. The summed E-state index contributed by atoms with van der Waals surface area (Å²) in [5.74, 6) is 6.96. The van der Waals surface area contributed by atoms with Crippen LogP contribution in [0.3, 0.4) is 0 Å². The standard InChI is InChI=1S/C12H12N4OS2/c13-10-6-11(14)16-12(15-10)19-7-9-8(2-1-4-17)3-5-18-9/h3,5-6,17H,4,7H2,(H4,13,14,15,16). The number of aliphatic hydroxyl groups excluding tert-OH is 1. The maximum Gasteiger partial charge on any atom is 0.191 e. The zero-order valence-electron chi connectivity index (χ0n) is 9.96. The summed E-state index contributed by atoms with van der Waals surface area (Å²) in [5.41, 5.74) is 12.1. The van der Waals surface area contributed by atoms with Gasteiger partial charge in [-0.15, -0.1) is 11.3 Å². The molecule has 0 saturated heterocycles. The van der Waals surface area contributed by atoms with Crippen molar-refractivity contribution >= 4 is 34.7 Å². The van der Waals surface area contributed by atoms with E-state index in [0.717, 1.165) is 10.4 Å². The van der Waals surface area contributed by atoms with E-state index in [1.165, 1.54) is 17.8 Å². The lowest BCUT2D eigenvalue weighted by Gasteiger charge is -2.02. The molecule has 0 spiro atoms. The number of nitrogens with two attached hydrogens (primary N) is 2. The Morgan fingerprint density at radius 2 is 2.05 bits per heavy atom. The van der Waals surface area contributed by atoms with Crippen LogP contribution in [0.2, 0.25) is 0 Å². The number of nitrogen functional groups attached to an aromatic ring is 2. The van der Waals surface area contributed by atoms with Crippen molar-refractivity contribution in [1.29, 1.82) is 0 Å². The number of aromatic nitrogens is 2. The second kappa shape index (κ2) is 6.43. The van der Waals surface area contributed by atoms with Crippen molar-refractivity contribution < 1.29 is 5.11 Å². The van der Waals surface area contributed by atoms with E-state index in [1.807, 2.05) is 11.4 Å². The normalized spacial score (nSPS) is 9.95. The molecule has 0 unspecified atom stereocenters. The van der Waals surface area contributed by atoms with Gasteiger partial charge >= 0.3 is 0 Å². The van der Waals surface area contributed by atoms with Crippen molar-refractivity contribution in [3.63, 3.8) is 0 Å². The molecule has 5 nitrogen and oxygen atoms in total. The summed E-state index contributed by atoms with van der Waals surface area (Å²) in [7, 11) is 0. The van der Waals surface area contributed by atoms with Crippen LogP contribution in [0.25, 0.3) is 0 Å². The molecule has 5 N–H and O–H groups in total. The molecule has 2 rings (SSSR count). The van der Waals surface area contributed by atoms with E-state index < -0.39 is 0 Å². The fraction of sp³-hybridized carbons (Fsp3) is 0.167. The molecule has 0 aliphatic heterocycles. The second-order valence-corrected chi connectivity index (χ2v) is 5.45. The molecule has 0 saturated carbocycles. The largest absolute Gasteiger partial charge is 0.384 e. The van der Waals surface area contributed by atoms with Crippen LogP contribution < -0.4 is 11.5 Å². The second-order valence-electron chi connectivity index (χ2n) is 3.51. The number of nitrogens with zero attached hydrogens (tertiary/aromatic N) is 2. The Balaban J connectivity index is 2.08. The highest BCUT2D eigenvalue weighted by Gasteiger charge is 2.06. The SMILES string of the molecule is Nc1cc(N)nc(SCc2sccc2C#CCO)n1. The van der Waals surface area contributed by atoms with Gasteiger partial charge in [-0.05, 0) is 11.4 Å². The van der Waals surface area contributed by atoms with E-state index in [9.17, 15) is 0 Å². The fourth-order valence-electron chi connectivity index (χ4n) is 1.36. The molecule has 0 aromatic carbocycles. The summed E-state index contributed by atoms with van der Waals surface area (Å²) < 4.78 is 0. The number of thiophene rings is 1. The lowest BCUT2D eigenvalue weighted by Crippen LogP contribution is -1.99. The maximum atomic E-state index is 8.70. The number of rotatable bonds is 3. The minimum absolute atomic E-state index is 0.142. The lowest BCUT2D eigenvalue weighted by atomic mass is 10.3. The fourth-order valence-corrected chi connectivity index (χ4v) is 3.17. The summed E-state index contributed by atoms with van der Waals surface area (Å²) in [6.45, 7) is -0.142. The first-order chi connectivity index (χ1) is 9.19. The number of hydrogen-bond donors (Lipinski definition) is 3. The minimum atomic E-state index is -0.142. The van der Waals surface area contributed by atoms with E-state index in [4.69, 9.17) is 16.6 Å². The number of hydrogen-bond acceptors (Lipinski definition) is 7. The molecule has 98 valence electrons. The quantitative estimate of drug-likeness (QED) is 0.448. The molecular formula is C12H12N4OS2. The van der Waals surface area contributed by atoms with Gasteiger partial charge in [-0.25, -0.2) is 9.97 Å². The number of aliphatic hydroxyl groups is 1. The van der Waals surface area contributed by atoms with Crippen molar-refractivity contribution in [1.82, 2.24) is 9.97 Å². The Morgan fingerprint density at radius 1 is 1.32 bits per heavy atom. The molecule has 0 amide bonds. The lowest BCUT2D eigenvalue weighted by molar-refractivity contribution is 0.350. The van der Waals surface area contributed by atoms with Gasteiger partial charge in [0.25, 0.3) is 0 Å². The van der Waals surface area contributed by atoms with Gasteiger partial charge < -0.3 is 16.6 Å². The van der Waals surface area contributed by atoms with Gasteiger partial charge in [-0.3, -0.25) is 0 Å². The first-order valence-electron chi connectivity index (χ1n) is 5.38. The maximum absolute atomic E-state index is 8.70. The van der Waals surface area contributed by atoms with Crippen LogP contribution in [-0.2, 0) is 5.75 Å². The molecule has 0 aliphatic rings. The Morgan fingerprint density at radius 3 is 2.74 bits per heavy atom. The Kier molecular flexibility index (Phi) is 4.63. The van der Waals surface area contributed by atoms with Crippen LogP contribution in [-0.4, -0.2) is 21.7 Å². The summed E-state index contributed by atoms with van der Waals surface area (Å²) in [6, 6.07) is 3.45. The predicted molar refractivity (Wildman–Crippen MR) is 78.7 cm³/mol. The van der Waals surface area contributed by atoms with E-state index in [0.29, 0.717) is 22.5 Å². The van der Waals surface area contributed by atoms with E-state index in [1.54, 1.807) is 11.3 Å². The summed E-state index contributed by atoms with van der Waals surface area (Å²) in [5, 5.41) is 11.2. The van der Waals surface area contributed by atoms with Crippen LogP contribution in [0, 0.1) is 11.8 Å². The van der Waals surface area contributed by atoms with Gasteiger partial charge in [0.1, 0.15) is 18.2 Å². The van der Waals surface area contributed by atoms with Crippen LogP contribution >= 0.6 is 23.1 Å². The van der Waals surface area contributed by atoms with Crippen LogP contribution in [0.4, 0.5) is 11.6 Å². The first-order valence-corrected chi connectivity index (χ1v) is 7.24. The summed E-state index contributed by atoms with van der Waals surface area (Å²) in [6.07, 6.45) is 0. The van der Waals surface area contributed by atoms with Crippen LogP contribution in [0.5, 0.6) is 0 Å². The van der Waals surface area contributed by atoms with Crippen molar-refractivity contribution in [2.45, 2.75) is 10.9 Å². The average Bonchev–Trinajstić information content (AvgIpc) is 2.80. The predicted octanol–water partition coefficient (Wildman–Crippen LogP) is 1.34. The molecule has 0 fully saturated rings. The third-order valence-corrected chi connectivity index (χ3v) is 4.10. The van der Waals surface area contributed by atoms with Crippen molar-refractivity contribution in [3.8, 4) is 11.8 Å². The molecule has 0 bridgehead atoms. The topological polar surface area (TPSA) is 98.1 Å². The van der Waals surface area contributed by atoms with Crippen molar-refractivity contribution in [3.05, 3.63) is 28.0 Å². The van der Waals surface area contributed by atoms with Gasteiger partial charge in [0, 0.05) is 22.3 Å². The molecule has 0 radical (unpaired) electrons. The molecule has 0 aliphatic carbocycles. The third kappa shape index (κ3) is 3.86. The van der Waals surface area contributed by atoms with Gasteiger partial charge in [0.05, 0.1) is 0 Å². The van der Waals surface area contributed by atoms with E-state index >= 15 is 0 Å². The van der Waals surface area contributed by atoms with Crippen LogP contribution in [0.1, 0.15) is 10.4 Å². The average molecular weight is 292 g/mol. The Bertz CT molecular complexity index is 610. The Labute approximate surface area is 119 Å². The zero-order chi connectivity index (χ0) is 13.7. The molecule has 19 heavy (non-hydrogen) atoms. The summed E-state index contributed by atoms with van der Waals surface area (Å²) >= 11 is 3.06. The molecule has 7 heteroatoms. The van der Waals surface area contributed by atoms with Gasteiger partial charge in [0.2, 0.25) is 0 Å². The number of thioether (sulfide) groups is 1. The monoisotopic (exact) mass is 292 g/mol. The number of anilines is 2. The molecule has 2 heterocycles. The zero-order valence-corrected chi connectivity index (χ0v) is 11.6. The van der Waals surface area contributed by atoms with Gasteiger partial charge in [-0.2, -0.15) is 0 Å². The van der Waals surface area contributed by atoms with E-state index in [-0.39, 0.29) is 6.61 Å².